The van der Waals surface area contributed by atoms with Gasteiger partial charge in [-0.25, -0.2) is 4.98 Å². The number of rotatable bonds is 3. The third-order valence-electron chi connectivity index (χ3n) is 3.16. The van der Waals surface area contributed by atoms with Crippen molar-refractivity contribution in [1.29, 1.82) is 0 Å². The van der Waals surface area contributed by atoms with Crippen LogP contribution >= 0.6 is 34.5 Å². The molecule has 1 aromatic heterocycles. The molecular formula is C16H9Cl2F3N2S. The highest BCUT2D eigenvalue weighted by Crippen LogP contribution is 2.33. The predicted molar refractivity (Wildman–Crippen MR) is 92.3 cm³/mol. The Bertz CT molecular complexity index is 878. The number of hydrogen-bond donors (Lipinski definition) is 1. The van der Waals surface area contributed by atoms with Crippen LogP contribution in [0.15, 0.2) is 47.8 Å². The van der Waals surface area contributed by atoms with Crippen molar-refractivity contribution < 1.29 is 13.2 Å². The van der Waals surface area contributed by atoms with Gasteiger partial charge in [0.15, 0.2) is 5.13 Å². The van der Waals surface area contributed by atoms with Crippen molar-refractivity contribution in [3.63, 3.8) is 0 Å². The molecule has 2 nitrogen and oxygen atoms in total. The summed E-state index contributed by atoms with van der Waals surface area (Å²) in [7, 11) is 0. The van der Waals surface area contributed by atoms with Gasteiger partial charge in [-0.2, -0.15) is 13.2 Å². The van der Waals surface area contributed by atoms with Crippen LogP contribution < -0.4 is 5.32 Å². The van der Waals surface area contributed by atoms with E-state index in [2.05, 4.69) is 10.3 Å². The number of nitrogens with one attached hydrogen (secondary N) is 1. The second kappa shape index (κ2) is 6.63. The lowest BCUT2D eigenvalue weighted by Crippen LogP contribution is -2.05. The number of anilines is 2. The highest BCUT2D eigenvalue weighted by Gasteiger charge is 2.30. The Morgan fingerprint density at radius 3 is 2.50 bits per heavy atom. The third-order valence-corrected chi connectivity index (χ3v) is 4.66. The Kier molecular flexibility index (Phi) is 4.71. The summed E-state index contributed by atoms with van der Waals surface area (Å²) in [5.41, 5.74) is 1.04. The van der Waals surface area contributed by atoms with Gasteiger partial charge in [0.25, 0.3) is 0 Å². The molecule has 1 heterocycles. The van der Waals surface area contributed by atoms with Gasteiger partial charge in [0.05, 0.1) is 21.3 Å². The molecule has 8 heteroatoms. The molecule has 1 N–H and O–H groups in total. The fraction of sp³-hybridized carbons (Fsp3) is 0.0625. The van der Waals surface area contributed by atoms with E-state index in [0.717, 1.165) is 17.7 Å². The average molecular weight is 389 g/mol. The van der Waals surface area contributed by atoms with Gasteiger partial charge in [-0.05, 0) is 30.3 Å². The van der Waals surface area contributed by atoms with E-state index in [1.807, 2.05) is 0 Å². The van der Waals surface area contributed by atoms with Gasteiger partial charge in [0, 0.05) is 16.6 Å². The molecule has 2 aromatic carbocycles. The van der Waals surface area contributed by atoms with Crippen molar-refractivity contribution in [1.82, 2.24) is 4.98 Å². The molecule has 0 unspecified atom stereocenters. The van der Waals surface area contributed by atoms with E-state index in [0.29, 0.717) is 26.6 Å². The lowest BCUT2D eigenvalue weighted by molar-refractivity contribution is -0.137. The molecule has 0 aliphatic rings. The summed E-state index contributed by atoms with van der Waals surface area (Å²) in [6.45, 7) is 0. The number of thiazole rings is 1. The molecule has 0 amide bonds. The standard InChI is InChI=1S/C16H9Cl2F3N2S/c17-12-5-4-9(6-13(12)18)14-8-24-15(23-14)22-11-3-1-2-10(7-11)16(19,20)21/h1-8H,(H,22,23). The molecule has 0 bridgehead atoms. The van der Waals surface area contributed by atoms with Gasteiger partial charge in [0.2, 0.25) is 0 Å². The van der Waals surface area contributed by atoms with Crippen LogP contribution in [0.25, 0.3) is 11.3 Å². The number of nitrogens with zero attached hydrogens (tertiary/aromatic N) is 1. The zero-order valence-electron chi connectivity index (χ0n) is 11.9. The number of hydrogen-bond acceptors (Lipinski definition) is 3. The highest BCUT2D eigenvalue weighted by atomic mass is 35.5. The molecule has 3 aromatic rings. The molecule has 0 radical (unpaired) electrons. The molecule has 0 saturated heterocycles. The maximum absolute atomic E-state index is 12.7. The minimum absolute atomic E-state index is 0.319. The average Bonchev–Trinajstić information content (AvgIpc) is 2.98. The molecule has 0 spiro atoms. The van der Waals surface area contributed by atoms with E-state index in [1.54, 1.807) is 29.6 Å². The summed E-state index contributed by atoms with van der Waals surface area (Å²) in [6.07, 6.45) is -4.38. The van der Waals surface area contributed by atoms with Crippen molar-refractivity contribution in [3.05, 3.63) is 63.5 Å². The second-order valence-electron chi connectivity index (χ2n) is 4.87. The summed E-state index contributed by atoms with van der Waals surface area (Å²) >= 11 is 13.1. The fourth-order valence-electron chi connectivity index (χ4n) is 2.02. The Morgan fingerprint density at radius 1 is 1.00 bits per heavy atom. The molecule has 124 valence electrons. The first-order chi connectivity index (χ1) is 11.3. The first-order valence-electron chi connectivity index (χ1n) is 6.68. The highest BCUT2D eigenvalue weighted by molar-refractivity contribution is 7.14. The molecule has 0 aliphatic heterocycles. The monoisotopic (exact) mass is 388 g/mol. The number of benzene rings is 2. The second-order valence-corrected chi connectivity index (χ2v) is 6.54. The van der Waals surface area contributed by atoms with E-state index < -0.39 is 11.7 Å². The Balaban J connectivity index is 1.83. The lowest BCUT2D eigenvalue weighted by atomic mass is 10.2. The lowest BCUT2D eigenvalue weighted by Gasteiger charge is -2.09. The van der Waals surface area contributed by atoms with Crippen LogP contribution in [0.2, 0.25) is 10.0 Å². The zero-order chi connectivity index (χ0) is 17.3. The number of halogens is 5. The maximum atomic E-state index is 12.7. The summed E-state index contributed by atoms with van der Waals surface area (Å²) in [6, 6.07) is 10.1. The van der Waals surface area contributed by atoms with Gasteiger partial charge in [-0.15, -0.1) is 11.3 Å². The van der Waals surface area contributed by atoms with Crippen LogP contribution in [0, 0.1) is 0 Å². The Morgan fingerprint density at radius 2 is 1.79 bits per heavy atom. The van der Waals surface area contributed by atoms with Gasteiger partial charge in [0.1, 0.15) is 0 Å². The molecule has 0 aliphatic carbocycles. The van der Waals surface area contributed by atoms with Crippen LogP contribution in [0.3, 0.4) is 0 Å². The Hall–Kier alpha value is -1.76. The molecule has 24 heavy (non-hydrogen) atoms. The largest absolute Gasteiger partial charge is 0.416 e. The Labute approximate surface area is 149 Å². The van der Waals surface area contributed by atoms with Crippen LogP contribution in [0.1, 0.15) is 5.56 Å². The van der Waals surface area contributed by atoms with Crippen LogP contribution in [-0.2, 0) is 6.18 Å². The normalized spacial score (nSPS) is 11.5. The molecule has 3 rings (SSSR count). The first-order valence-corrected chi connectivity index (χ1v) is 8.32. The van der Waals surface area contributed by atoms with Crippen molar-refractivity contribution in [2.45, 2.75) is 6.18 Å². The quantitative estimate of drug-likeness (QED) is 0.528. The third kappa shape index (κ3) is 3.83. The summed E-state index contributed by atoms with van der Waals surface area (Å²) in [4.78, 5) is 4.36. The predicted octanol–water partition coefficient (Wildman–Crippen LogP) is 6.88. The van der Waals surface area contributed by atoms with E-state index in [9.17, 15) is 13.2 Å². The van der Waals surface area contributed by atoms with Gasteiger partial charge in [-0.1, -0.05) is 35.3 Å². The molecular weight excluding hydrogens is 380 g/mol. The fourth-order valence-corrected chi connectivity index (χ4v) is 3.05. The summed E-state index contributed by atoms with van der Waals surface area (Å²) < 4.78 is 38.2. The van der Waals surface area contributed by atoms with E-state index in [1.165, 1.54) is 17.4 Å². The van der Waals surface area contributed by atoms with Crippen molar-refractivity contribution in [2.75, 3.05) is 5.32 Å². The van der Waals surface area contributed by atoms with Crippen LogP contribution in [0.5, 0.6) is 0 Å². The summed E-state index contributed by atoms with van der Waals surface area (Å²) in [5, 5.41) is 6.00. The topological polar surface area (TPSA) is 24.9 Å². The van der Waals surface area contributed by atoms with E-state index in [4.69, 9.17) is 23.2 Å². The maximum Gasteiger partial charge on any atom is 0.416 e. The van der Waals surface area contributed by atoms with E-state index in [-0.39, 0.29) is 0 Å². The number of alkyl halides is 3. The number of aromatic nitrogens is 1. The van der Waals surface area contributed by atoms with Crippen molar-refractivity contribution >= 4 is 45.4 Å². The minimum Gasteiger partial charge on any atom is -0.332 e. The first kappa shape index (κ1) is 17.1. The summed E-state index contributed by atoms with van der Waals surface area (Å²) in [5.74, 6) is 0. The van der Waals surface area contributed by atoms with Crippen LogP contribution in [0.4, 0.5) is 24.0 Å². The SMILES string of the molecule is FC(F)(F)c1cccc(Nc2nc(-c3ccc(Cl)c(Cl)c3)cs2)c1. The zero-order valence-corrected chi connectivity index (χ0v) is 14.2. The molecule has 0 atom stereocenters. The molecule has 0 saturated carbocycles. The van der Waals surface area contributed by atoms with Crippen LogP contribution in [-0.4, -0.2) is 4.98 Å². The van der Waals surface area contributed by atoms with Gasteiger partial charge >= 0.3 is 6.18 Å². The van der Waals surface area contributed by atoms with Gasteiger partial charge in [-0.3, -0.25) is 0 Å². The van der Waals surface area contributed by atoms with Crippen molar-refractivity contribution in [2.24, 2.45) is 0 Å². The van der Waals surface area contributed by atoms with Gasteiger partial charge < -0.3 is 5.32 Å². The molecule has 0 fully saturated rings. The smallest absolute Gasteiger partial charge is 0.332 e. The van der Waals surface area contributed by atoms with E-state index >= 15 is 0 Å². The van der Waals surface area contributed by atoms with Crippen molar-refractivity contribution in [3.8, 4) is 11.3 Å². The minimum atomic E-state index is -4.38.